The van der Waals surface area contributed by atoms with E-state index in [9.17, 15) is 0 Å². The van der Waals surface area contributed by atoms with Crippen LogP contribution in [0, 0.1) is 0 Å². The van der Waals surface area contributed by atoms with Gasteiger partial charge in [-0.2, -0.15) is 0 Å². The normalized spacial score (nSPS) is 37.0. The van der Waals surface area contributed by atoms with E-state index in [1.54, 1.807) is 0 Å². The van der Waals surface area contributed by atoms with Gasteiger partial charge in [0.25, 0.3) is 0 Å². The molecular weight excluding hydrogens is 593 g/mol. The van der Waals surface area contributed by atoms with Crippen molar-refractivity contribution in [1.29, 1.82) is 0 Å². The van der Waals surface area contributed by atoms with Gasteiger partial charge in [-0.25, -0.2) is 0 Å². The summed E-state index contributed by atoms with van der Waals surface area (Å²) < 4.78 is 14.2. The van der Waals surface area contributed by atoms with Gasteiger partial charge in [-0.15, -0.1) is 0 Å². The molecule has 0 aromatic rings. The van der Waals surface area contributed by atoms with Crippen LogP contribution < -0.4 is 0 Å². The molecule has 1 aliphatic heterocycles. The van der Waals surface area contributed by atoms with E-state index in [1.165, 1.54) is 7.86 Å². The Morgan fingerprint density at radius 1 is 0.929 bits per heavy atom. The minimum atomic E-state index is 0. The Bertz CT molecular complexity index is 143. The van der Waals surface area contributed by atoms with Gasteiger partial charge < -0.3 is 27.0 Å². The number of hydrogen-bond donors (Lipinski definition) is 0. The van der Waals surface area contributed by atoms with Gasteiger partial charge in [0.15, 0.2) is 0 Å². The maximum absolute atomic E-state index is 5.88. The minimum absolute atomic E-state index is 0. The number of ether oxygens (including phenoxy) is 2. The molecule has 0 aromatic heterocycles. The monoisotopic (exact) mass is 612 g/mol. The van der Waals surface area contributed by atoms with Crippen molar-refractivity contribution in [2.45, 2.75) is 32.9 Å². The van der Waals surface area contributed by atoms with Crippen LogP contribution in [0.4, 0.5) is 0 Å². The van der Waals surface area contributed by atoms with Gasteiger partial charge in [-0.1, -0.05) is 0 Å². The first-order valence-electron chi connectivity index (χ1n) is 4.40. The van der Waals surface area contributed by atoms with E-state index in [4.69, 9.17) is 9.47 Å². The van der Waals surface area contributed by atoms with Crippen molar-refractivity contribution in [3.63, 3.8) is 0 Å². The Labute approximate surface area is 133 Å². The first-order chi connectivity index (χ1) is 5.54. The second-order valence-corrected chi connectivity index (χ2v) is 7.86. The number of thiol groups is 2. The third-order valence-corrected chi connectivity index (χ3v) is 10.7. The van der Waals surface area contributed by atoms with Crippen molar-refractivity contribution in [2.24, 2.45) is 0 Å². The van der Waals surface area contributed by atoms with Crippen LogP contribution in [0.25, 0.3) is 0 Å². The Kier molecular flexibility index (Phi) is 10.4. The molecule has 0 spiro atoms. The van der Waals surface area contributed by atoms with Crippen molar-refractivity contribution in [2.75, 3.05) is 13.2 Å². The van der Waals surface area contributed by atoms with Crippen molar-refractivity contribution in [1.82, 2.24) is 0 Å². The smallest absolute Gasteiger partial charge is 0.813 e. The molecule has 1 fully saturated rings. The molecule has 2 unspecified atom stereocenters. The standard InChI is InChI=1S/C8H14O2.2Hg.2H2S/c1-7(2)5-10-8(3,4)6-9-7;;;;/h1,3,5-6H2,2,4H3;;;2*1H2/q;2*+1;;/p-2. The second-order valence-electron chi connectivity index (χ2n) is 3.98. The molecule has 0 amide bonds. The third-order valence-electron chi connectivity index (χ3n) is 2.51. The molecule has 2 nitrogen and oxygen atoms in total. The molecule has 0 saturated carbocycles. The molecule has 14 heavy (non-hydrogen) atoms. The molecule has 0 bridgehead atoms. The van der Waals surface area contributed by atoms with Gasteiger partial charge in [-0.3, -0.25) is 0 Å². The zero-order valence-electron chi connectivity index (χ0n) is 8.95. The van der Waals surface area contributed by atoms with E-state index >= 15 is 0 Å². The summed E-state index contributed by atoms with van der Waals surface area (Å²) in [6.45, 7) is 5.98. The topological polar surface area (TPSA) is 18.5 Å². The molecule has 0 radical (unpaired) electrons. The summed E-state index contributed by atoms with van der Waals surface area (Å²) in [6, 6.07) is 0. The average molecular weight is 610 g/mol. The summed E-state index contributed by atoms with van der Waals surface area (Å²) >= 11 is 1.63. The van der Waals surface area contributed by atoms with Crippen LogP contribution in [0.5, 0.6) is 0 Å². The predicted octanol–water partition coefficient (Wildman–Crippen LogP) is 0.941. The predicted molar refractivity (Wildman–Crippen MR) is 55.8 cm³/mol. The van der Waals surface area contributed by atoms with Crippen LogP contribution in [0.2, 0.25) is 7.86 Å². The largest absolute Gasteiger partial charge is 0.813 e. The molecule has 0 aliphatic carbocycles. The van der Waals surface area contributed by atoms with Crippen molar-refractivity contribution in [3.05, 3.63) is 0 Å². The molecule has 76 valence electrons. The Balaban J connectivity index is 0. The van der Waals surface area contributed by atoms with Gasteiger partial charge >= 0.3 is 108 Å². The fourth-order valence-electron chi connectivity index (χ4n) is 1.03. The van der Waals surface area contributed by atoms with Crippen molar-refractivity contribution in [3.8, 4) is 0 Å². The molecule has 1 aliphatic rings. The van der Waals surface area contributed by atoms with Gasteiger partial charge in [0.05, 0.1) is 0 Å². The molecular formula is C8H16Hg2O2S2. The Morgan fingerprint density at radius 2 is 1.21 bits per heavy atom. The second kappa shape index (κ2) is 7.75. The van der Waals surface area contributed by atoms with Crippen molar-refractivity contribution >= 4 is 27.0 Å². The fraction of sp³-hybridized carbons (Fsp3) is 1.00. The van der Waals surface area contributed by atoms with E-state index in [0.29, 0.717) is 0 Å². The zero-order chi connectivity index (χ0) is 9.24. The van der Waals surface area contributed by atoms with Crippen LogP contribution in [-0.2, 0) is 88.7 Å². The molecule has 1 rings (SSSR count). The number of rotatable bonds is 2. The summed E-state index contributed by atoms with van der Waals surface area (Å²) in [7, 11) is 0. The Hall–Kier alpha value is 2.49. The van der Waals surface area contributed by atoms with Crippen molar-refractivity contribution < 1.29 is 61.7 Å². The molecule has 6 heteroatoms. The summed E-state index contributed by atoms with van der Waals surface area (Å²) in [6.07, 6.45) is 0. The van der Waals surface area contributed by atoms with Crippen LogP contribution in [0.1, 0.15) is 13.8 Å². The van der Waals surface area contributed by atoms with E-state index < -0.39 is 0 Å². The van der Waals surface area contributed by atoms with Crippen LogP contribution >= 0.6 is 0 Å². The summed E-state index contributed by atoms with van der Waals surface area (Å²) in [5, 5.41) is 0. The van der Waals surface area contributed by atoms with Crippen LogP contribution in [-0.4, -0.2) is 24.4 Å². The molecule has 1 heterocycles. The van der Waals surface area contributed by atoms with Crippen LogP contribution in [0.15, 0.2) is 0 Å². The maximum atomic E-state index is 5.88. The van der Waals surface area contributed by atoms with Crippen LogP contribution in [0.3, 0.4) is 0 Å². The fourth-order valence-corrected chi connectivity index (χ4v) is 3.27. The average Bonchev–Trinajstić information content (AvgIpc) is 2.11. The molecule has 1 saturated heterocycles. The molecule has 2 atom stereocenters. The molecule has 0 N–H and O–H groups in total. The summed E-state index contributed by atoms with van der Waals surface area (Å²) in [4.78, 5) is 0. The SMILES string of the molecule is CC1([CH2][Hg+])COC(C)([CH2][Hg+])CO1.[SH-].[SH-]. The van der Waals surface area contributed by atoms with Gasteiger partial charge in [-0.05, 0) is 0 Å². The third kappa shape index (κ3) is 5.21. The first kappa shape index (κ1) is 18.8. The Morgan fingerprint density at radius 3 is 1.36 bits per heavy atom. The van der Waals surface area contributed by atoms with E-state index in [0.717, 1.165) is 65.5 Å². The van der Waals surface area contributed by atoms with Gasteiger partial charge in [0.2, 0.25) is 0 Å². The van der Waals surface area contributed by atoms with E-state index in [-0.39, 0.29) is 38.2 Å². The summed E-state index contributed by atoms with van der Waals surface area (Å²) in [5.41, 5.74) is 0.122. The number of hydrogen-bond acceptors (Lipinski definition) is 4. The summed E-state index contributed by atoms with van der Waals surface area (Å²) in [5.74, 6) is 0. The van der Waals surface area contributed by atoms with E-state index in [1.807, 2.05) is 0 Å². The van der Waals surface area contributed by atoms with Gasteiger partial charge in [0.1, 0.15) is 0 Å². The van der Waals surface area contributed by atoms with E-state index in [2.05, 4.69) is 13.8 Å². The minimum Gasteiger partial charge on any atom is -0.813 e. The molecule has 0 aromatic carbocycles. The maximum Gasteiger partial charge on any atom is -0.813 e. The zero-order valence-corrected chi connectivity index (χ0v) is 21.7. The first-order valence-corrected chi connectivity index (χ1v) is 12.2. The quantitative estimate of drug-likeness (QED) is 0.264. The van der Waals surface area contributed by atoms with Gasteiger partial charge in [0, 0.05) is 0 Å².